The Morgan fingerprint density at radius 3 is 2.35 bits per heavy atom. The number of benzene rings is 3. The van der Waals surface area contributed by atoms with Crippen molar-refractivity contribution < 1.29 is 28.0 Å². The maximum atomic E-state index is 11.7. The number of aromatic carboxylic acids is 1. The zero-order valence-electron chi connectivity index (χ0n) is 18.1. The van der Waals surface area contributed by atoms with Crippen molar-refractivity contribution in [3.63, 3.8) is 0 Å². The van der Waals surface area contributed by atoms with Crippen LogP contribution in [0.15, 0.2) is 80.9 Å². The Bertz CT molecular complexity index is 1400. The normalized spacial score (nSPS) is 12.1. The molecule has 5 N–H and O–H groups in total. The number of phenolic OH excluding ortho intramolecular Hbond substituents is 1. The van der Waals surface area contributed by atoms with Crippen LogP contribution in [-0.4, -0.2) is 42.0 Å². The van der Waals surface area contributed by atoms with Crippen LogP contribution < -0.4 is 10.7 Å². The van der Waals surface area contributed by atoms with Crippen LogP contribution in [0.5, 0.6) is 5.75 Å². The third-order valence-corrected chi connectivity index (χ3v) is 5.49. The van der Waals surface area contributed by atoms with Crippen molar-refractivity contribution in [1.29, 1.82) is 0 Å². The molecule has 0 unspecified atom stereocenters. The van der Waals surface area contributed by atoms with Crippen molar-refractivity contribution in [2.45, 2.75) is 11.8 Å². The number of amidine groups is 1. The summed E-state index contributed by atoms with van der Waals surface area (Å²) in [5.41, 5.74) is 6.94. The summed E-state index contributed by atoms with van der Waals surface area (Å²) in [6.45, 7) is 1.78. The highest BCUT2D eigenvalue weighted by atomic mass is 32.2. The van der Waals surface area contributed by atoms with Gasteiger partial charge in [0.05, 0.1) is 21.8 Å². The lowest BCUT2D eigenvalue weighted by Gasteiger charge is -2.17. The average molecular weight is 484 g/mol. The Labute approximate surface area is 195 Å². The Balaban J connectivity index is 2.10. The lowest BCUT2D eigenvalue weighted by molar-refractivity contribution is 0.0697. The van der Waals surface area contributed by atoms with Gasteiger partial charge in [-0.05, 0) is 42.8 Å². The average Bonchev–Trinajstić information content (AvgIpc) is 2.78. The van der Waals surface area contributed by atoms with Gasteiger partial charge in [-0.1, -0.05) is 30.3 Å². The van der Waals surface area contributed by atoms with Gasteiger partial charge in [0, 0.05) is 12.6 Å². The van der Waals surface area contributed by atoms with Crippen molar-refractivity contribution >= 4 is 39.0 Å². The number of aromatic hydroxyl groups is 1. The summed E-state index contributed by atoms with van der Waals surface area (Å²) in [7, 11) is -3.16. The molecule has 3 aromatic rings. The molecule has 0 aromatic heterocycles. The summed E-state index contributed by atoms with van der Waals surface area (Å²) in [5, 5.41) is 33.5. The van der Waals surface area contributed by atoms with Crippen molar-refractivity contribution in [3.05, 3.63) is 77.4 Å². The number of nitrogens with zero attached hydrogens (tertiary/aromatic N) is 4. The summed E-state index contributed by atoms with van der Waals surface area (Å²) in [6, 6.07) is 14.9. The van der Waals surface area contributed by atoms with Gasteiger partial charge in [0.25, 0.3) is 10.1 Å². The topological polar surface area (TPSA) is 178 Å². The Morgan fingerprint density at radius 2 is 1.74 bits per heavy atom. The van der Waals surface area contributed by atoms with Crippen molar-refractivity contribution in [1.82, 2.24) is 0 Å². The molecular weight excluding hydrogens is 462 g/mol. The lowest BCUT2D eigenvalue weighted by atomic mass is 10.1. The summed E-state index contributed by atoms with van der Waals surface area (Å²) in [5.74, 6) is -1.60. The minimum absolute atomic E-state index is 0.0335. The highest BCUT2D eigenvalue weighted by Crippen LogP contribution is 2.34. The van der Waals surface area contributed by atoms with E-state index in [1.807, 2.05) is 0 Å². The molecule has 0 aliphatic carbocycles. The number of rotatable bonds is 6. The Kier molecular flexibility index (Phi) is 6.94. The van der Waals surface area contributed by atoms with Crippen molar-refractivity contribution in [2.24, 2.45) is 15.3 Å². The van der Waals surface area contributed by atoms with Crippen LogP contribution in [0.1, 0.15) is 21.5 Å². The van der Waals surface area contributed by atoms with E-state index < -0.39 is 26.5 Å². The smallest absolute Gasteiger partial charge is 0.337 e. The number of carboxylic acid groups (broad SMARTS) is 1. The molecule has 0 radical (unpaired) electrons. The quantitative estimate of drug-likeness (QED) is 0.0777. The molecule has 11 nitrogen and oxygen atoms in total. The van der Waals surface area contributed by atoms with Crippen LogP contribution in [0.4, 0.5) is 17.1 Å². The monoisotopic (exact) mass is 483 g/mol. The van der Waals surface area contributed by atoms with E-state index in [0.29, 0.717) is 5.56 Å². The first-order valence-electron chi connectivity index (χ1n) is 9.71. The molecule has 0 atom stereocenters. The third-order valence-electron chi connectivity index (χ3n) is 4.64. The molecule has 12 heteroatoms. The maximum absolute atomic E-state index is 11.7. The molecule has 0 amide bonds. The summed E-state index contributed by atoms with van der Waals surface area (Å²) in [6.07, 6.45) is 0. The van der Waals surface area contributed by atoms with E-state index in [2.05, 4.69) is 15.3 Å². The fraction of sp³-hybridized carbons (Fsp3) is 0.0909. The van der Waals surface area contributed by atoms with Crippen molar-refractivity contribution in [2.75, 3.05) is 17.8 Å². The van der Waals surface area contributed by atoms with Gasteiger partial charge in [0.2, 0.25) is 5.84 Å². The van der Waals surface area contributed by atoms with Crippen LogP contribution in [0.3, 0.4) is 0 Å². The molecule has 0 aliphatic heterocycles. The molecule has 0 spiro atoms. The predicted molar refractivity (Wildman–Crippen MR) is 126 cm³/mol. The zero-order valence-corrected chi connectivity index (χ0v) is 18.9. The van der Waals surface area contributed by atoms with Gasteiger partial charge < -0.3 is 15.9 Å². The third kappa shape index (κ3) is 5.54. The van der Waals surface area contributed by atoms with E-state index in [-0.39, 0.29) is 28.6 Å². The molecule has 0 aliphatic rings. The summed E-state index contributed by atoms with van der Waals surface area (Å²) < 4.78 is 32.1. The van der Waals surface area contributed by atoms with Gasteiger partial charge in [-0.15, -0.1) is 10.2 Å². The van der Waals surface area contributed by atoms with E-state index in [1.54, 1.807) is 49.4 Å². The fourth-order valence-corrected chi connectivity index (χ4v) is 3.52. The van der Waals surface area contributed by atoms with Gasteiger partial charge in [-0.2, -0.15) is 13.5 Å². The number of carboxylic acids is 1. The first kappa shape index (κ1) is 24.4. The van der Waals surface area contributed by atoms with Gasteiger partial charge in [0.1, 0.15) is 5.69 Å². The number of anilines is 2. The molecule has 0 saturated heterocycles. The molecule has 0 fully saturated rings. The highest BCUT2D eigenvalue weighted by Gasteiger charge is 2.19. The lowest BCUT2D eigenvalue weighted by Crippen LogP contribution is -2.17. The zero-order chi connectivity index (χ0) is 25.0. The van der Waals surface area contributed by atoms with E-state index in [0.717, 1.165) is 17.7 Å². The highest BCUT2D eigenvalue weighted by molar-refractivity contribution is 7.85. The van der Waals surface area contributed by atoms with Gasteiger partial charge >= 0.3 is 5.97 Å². The largest absolute Gasteiger partial charge is 0.504 e. The molecule has 0 bridgehead atoms. The van der Waals surface area contributed by atoms with E-state index in [1.165, 1.54) is 18.1 Å². The molecule has 0 heterocycles. The fourth-order valence-electron chi connectivity index (χ4n) is 3.01. The number of carbonyl (C=O) groups is 1. The second kappa shape index (κ2) is 9.68. The van der Waals surface area contributed by atoms with E-state index in [4.69, 9.17) is 5.73 Å². The Hall–Kier alpha value is -4.29. The number of hydrogen-bond donors (Lipinski definition) is 4. The standard InChI is InChI=1S/C22H21N5O6S/c1-13-10-17(23)20(28)18(11-13)24-25-21(14-6-4-3-5-7-14)26-27(2)19-9-8-15(34(31,32)33)12-16(19)22(29)30/h3-12,28H,23H2,1-2H3,(H,29,30)(H,31,32,33)/b25-24?,26-21-. The molecular formula is C22H21N5O6S. The summed E-state index contributed by atoms with van der Waals surface area (Å²) in [4.78, 5) is 11.2. The van der Waals surface area contributed by atoms with Crippen LogP contribution >= 0.6 is 0 Å². The minimum atomic E-state index is -4.60. The molecule has 176 valence electrons. The maximum Gasteiger partial charge on any atom is 0.337 e. The molecule has 0 saturated carbocycles. The number of nitrogens with two attached hydrogens (primary N) is 1. The van der Waals surface area contributed by atoms with Crippen molar-refractivity contribution in [3.8, 4) is 5.75 Å². The number of azo groups is 1. The number of aryl methyl sites for hydroxylation is 1. The van der Waals surface area contributed by atoms with Crippen LogP contribution in [-0.2, 0) is 10.1 Å². The van der Waals surface area contributed by atoms with E-state index >= 15 is 0 Å². The first-order valence-corrected chi connectivity index (χ1v) is 11.1. The second-order valence-corrected chi connectivity index (χ2v) is 8.62. The predicted octanol–water partition coefficient (Wildman–Crippen LogP) is 3.81. The molecule has 3 aromatic carbocycles. The van der Waals surface area contributed by atoms with Crippen LogP contribution in [0.2, 0.25) is 0 Å². The van der Waals surface area contributed by atoms with Crippen LogP contribution in [0.25, 0.3) is 0 Å². The Morgan fingerprint density at radius 1 is 1.06 bits per heavy atom. The number of phenols is 1. The number of hydrogen-bond acceptors (Lipinski definition) is 8. The SMILES string of the molecule is Cc1cc(N)c(O)c(N=N/C(=N\N(C)c2ccc(S(=O)(=O)O)cc2C(=O)O)c2ccccc2)c1. The van der Waals surface area contributed by atoms with Crippen LogP contribution in [0, 0.1) is 6.92 Å². The minimum Gasteiger partial charge on any atom is -0.504 e. The second-order valence-electron chi connectivity index (χ2n) is 7.19. The molecule has 34 heavy (non-hydrogen) atoms. The van der Waals surface area contributed by atoms with Gasteiger partial charge in [-0.3, -0.25) is 9.56 Å². The first-order chi connectivity index (χ1) is 16.0. The molecule has 3 rings (SSSR count). The summed E-state index contributed by atoms with van der Waals surface area (Å²) >= 11 is 0. The van der Waals surface area contributed by atoms with Gasteiger partial charge in [0.15, 0.2) is 5.75 Å². The number of nitrogen functional groups attached to an aromatic ring is 1. The van der Waals surface area contributed by atoms with Gasteiger partial charge in [-0.25, -0.2) is 4.79 Å². The van der Waals surface area contributed by atoms with E-state index in [9.17, 15) is 28.0 Å². The number of hydrazone groups is 1.